The smallest absolute Gasteiger partial charge is 0.272 e. The number of rotatable bonds is 9. The molecule has 0 aliphatic rings. The number of nitrogens with zero attached hydrogens (tertiary/aromatic N) is 4. The molecule has 0 aliphatic carbocycles. The third-order valence-corrected chi connectivity index (χ3v) is 4.99. The zero-order valence-corrected chi connectivity index (χ0v) is 17.2. The van der Waals surface area contributed by atoms with Crippen LogP contribution in [0, 0.1) is 0 Å². The number of carbonyl (C=O) groups is 1. The topological polar surface area (TPSA) is 68.8 Å². The molecule has 0 fully saturated rings. The number of hydrogen-bond donors (Lipinski definition) is 2. The number of amides is 1. The lowest BCUT2D eigenvalue weighted by Gasteiger charge is -2.03. The summed E-state index contributed by atoms with van der Waals surface area (Å²) in [6, 6.07) is 3.88. The largest absolute Gasteiger partial charge is 0.387 e. The Morgan fingerprint density at radius 2 is 1.86 bits per heavy atom. The van der Waals surface area contributed by atoms with Crippen molar-refractivity contribution in [2.45, 2.75) is 39.2 Å². The molecule has 0 spiro atoms. The molecular formula is C21H30N6O. The first kappa shape index (κ1) is 19.8. The van der Waals surface area contributed by atoms with E-state index in [1.54, 1.807) is 0 Å². The quantitative estimate of drug-likeness (QED) is 0.596. The first-order valence-corrected chi connectivity index (χ1v) is 9.81. The van der Waals surface area contributed by atoms with Crippen molar-refractivity contribution in [1.82, 2.24) is 18.7 Å². The van der Waals surface area contributed by atoms with Crippen LogP contribution in [0.1, 0.15) is 41.6 Å². The van der Waals surface area contributed by atoms with Crippen LogP contribution in [-0.4, -0.2) is 31.6 Å². The van der Waals surface area contributed by atoms with Crippen LogP contribution in [0.3, 0.4) is 0 Å². The number of carbonyl (C=O) groups excluding carboxylic acids is 1. The molecule has 7 nitrogen and oxygen atoms in total. The Hall–Kier alpha value is -2.96. The van der Waals surface area contributed by atoms with E-state index in [-0.39, 0.29) is 5.91 Å². The van der Waals surface area contributed by atoms with Crippen molar-refractivity contribution < 1.29 is 4.79 Å². The minimum atomic E-state index is -0.115. The first-order valence-electron chi connectivity index (χ1n) is 9.81. The summed E-state index contributed by atoms with van der Waals surface area (Å²) < 4.78 is 6.04. The Kier molecular flexibility index (Phi) is 6.23. The average Bonchev–Trinajstić information content (AvgIpc) is 3.37. The SMILES string of the molecule is CCCCn1cnc(CCc2cc(NC(=O)c3cc(NC)cn3C)cn2C)c1. The summed E-state index contributed by atoms with van der Waals surface area (Å²) >= 11 is 0. The average molecular weight is 383 g/mol. The minimum Gasteiger partial charge on any atom is -0.387 e. The number of aryl methyl sites for hydroxylation is 5. The fourth-order valence-corrected chi connectivity index (χ4v) is 3.30. The summed E-state index contributed by atoms with van der Waals surface area (Å²) in [5.74, 6) is -0.115. The van der Waals surface area contributed by atoms with Crippen molar-refractivity contribution in [1.29, 1.82) is 0 Å². The molecule has 0 atom stereocenters. The number of imidazole rings is 1. The Balaban J connectivity index is 1.60. The highest BCUT2D eigenvalue weighted by Crippen LogP contribution is 2.18. The Morgan fingerprint density at radius 3 is 2.57 bits per heavy atom. The maximum Gasteiger partial charge on any atom is 0.272 e. The molecule has 0 saturated carbocycles. The standard InChI is InChI=1S/C21H30N6O/c1-5-6-9-27-14-16(23-15-27)7-8-19-10-18(13-25(19)3)24-21(28)20-11-17(22-2)12-26(20)4/h10-15,22H,5-9H2,1-4H3,(H,24,28). The summed E-state index contributed by atoms with van der Waals surface area (Å²) in [5.41, 5.74) is 4.61. The van der Waals surface area contributed by atoms with E-state index < -0.39 is 0 Å². The molecule has 1 amide bonds. The van der Waals surface area contributed by atoms with Gasteiger partial charge in [0.15, 0.2) is 0 Å². The van der Waals surface area contributed by atoms with E-state index in [4.69, 9.17) is 0 Å². The molecule has 0 aromatic carbocycles. The molecule has 3 aromatic rings. The normalized spacial score (nSPS) is 11.0. The lowest BCUT2D eigenvalue weighted by atomic mass is 10.2. The lowest BCUT2D eigenvalue weighted by molar-refractivity contribution is 0.101. The molecule has 28 heavy (non-hydrogen) atoms. The van der Waals surface area contributed by atoms with Crippen LogP contribution in [0.5, 0.6) is 0 Å². The second-order valence-electron chi connectivity index (χ2n) is 7.22. The Bertz CT molecular complexity index is 933. The van der Waals surface area contributed by atoms with E-state index in [9.17, 15) is 4.79 Å². The van der Waals surface area contributed by atoms with Gasteiger partial charge in [0.2, 0.25) is 0 Å². The van der Waals surface area contributed by atoms with Gasteiger partial charge in [-0.2, -0.15) is 0 Å². The first-order chi connectivity index (χ1) is 13.5. The molecule has 0 bridgehead atoms. The predicted octanol–water partition coefficient (Wildman–Crippen LogP) is 3.44. The molecule has 150 valence electrons. The van der Waals surface area contributed by atoms with Crippen molar-refractivity contribution in [3.05, 3.63) is 54.1 Å². The van der Waals surface area contributed by atoms with Crippen LogP contribution in [0.15, 0.2) is 37.1 Å². The van der Waals surface area contributed by atoms with Crippen LogP contribution in [0.4, 0.5) is 11.4 Å². The van der Waals surface area contributed by atoms with Gasteiger partial charge in [0.1, 0.15) is 5.69 Å². The highest BCUT2D eigenvalue weighted by molar-refractivity contribution is 6.03. The van der Waals surface area contributed by atoms with Crippen molar-refractivity contribution in [3.8, 4) is 0 Å². The number of nitrogens with one attached hydrogen (secondary N) is 2. The molecule has 3 aromatic heterocycles. The fraction of sp³-hybridized carbons (Fsp3) is 0.429. The number of anilines is 2. The van der Waals surface area contributed by atoms with Gasteiger partial charge < -0.3 is 24.3 Å². The van der Waals surface area contributed by atoms with Gasteiger partial charge in [-0.05, 0) is 31.4 Å². The maximum atomic E-state index is 12.6. The van der Waals surface area contributed by atoms with Gasteiger partial charge in [0.05, 0.1) is 23.4 Å². The second kappa shape index (κ2) is 8.82. The van der Waals surface area contributed by atoms with Crippen molar-refractivity contribution in [2.75, 3.05) is 17.7 Å². The molecule has 3 heterocycles. The van der Waals surface area contributed by atoms with E-state index in [0.717, 1.165) is 36.5 Å². The Labute approximate surface area is 166 Å². The molecule has 0 saturated heterocycles. The molecule has 0 radical (unpaired) electrons. The molecule has 0 unspecified atom stereocenters. The van der Waals surface area contributed by atoms with Crippen LogP contribution in [0.25, 0.3) is 0 Å². The van der Waals surface area contributed by atoms with E-state index >= 15 is 0 Å². The van der Waals surface area contributed by atoms with Crippen LogP contribution < -0.4 is 10.6 Å². The van der Waals surface area contributed by atoms with E-state index in [2.05, 4.69) is 37.9 Å². The van der Waals surface area contributed by atoms with Gasteiger partial charge >= 0.3 is 0 Å². The highest BCUT2D eigenvalue weighted by atomic mass is 16.1. The molecule has 2 N–H and O–H groups in total. The van der Waals surface area contributed by atoms with Gasteiger partial charge in [-0.25, -0.2) is 4.98 Å². The highest BCUT2D eigenvalue weighted by Gasteiger charge is 2.13. The van der Waals surface area contributed by atoms with Crippen molar-refractivity contribution in [2.24, 2.45) is 14.1 Å². The van der Waals surface area contributed by atoms with Crippen LogP contribution >= 0.6 is 0 Å². The number of hydrogen-bond acceptors (Lipinski definition) is 3. The molecule has 0 aliphatic heterocycles. The maximum absolute atomic E-state index is 12.6. The summed E-state index contributed by atoms with van der Waals surface area (Å²) in [6.07, 6.45) is 12.0. The van der Waals surface area contributed by atoms with Gasteiger partial charge in [-0.1, -0.05) is 13.3 Å². The zero-order valence-electron chi connectivity index (χ0n) is 17.2. The third kappa shape index (κ3) is 4.65. The molecule has 7 heteroatoms. The monoisotopic (exact) mass is 382 g/mol. The van der Waals surface area contributed by atoms with Crippen LogP contribution in [0.2, 0.25) is 0 Å². The lowest BCUT2D eigenvalue weighted by Crippen LogP contribution is -2.14. The van der Waals surface area contributed by atoms with E-state index in [0.29, 0.717) is 5.69 Å². The van der Waals surface area contributed by atoms with Gasteiger partial charge in [0.25, 0.3) is 5.91 Å². The zero-order chi connectivity index (χ0) is 20.1. The number of unbranched alkanes of at least 4 members (excludes halogenated alkanes) is 1. The predicted molar refractivity (Wildman–Crippen MR) is 113 cm³/mol. The van der Waals surface area contributed by atoms with E-state index in [1.807, 2.05) is 56.6 Å². The summed E-state index contributed by atoms with van der Waals surface area (Å²) in [4.78, 5) is 17.1. The second-order valence-corrected chi connectivity index (χ2v) is 7.22. The fourth-order valence-electron chi connectivity index (χ4n) is 3.30. The molecule has 3 rings (SSSR count). The van der Waals surface area contributed by atoms with E-state index in [1.165, 1.54) is 18.5 Å². The van der Waals surface area contributed by atoms with Gasteiger partial charge in [-0.15, -0.1) is 0 Å². The van der Waals surface area contributed by atoms with Gasteiger partial charge in [0, 0.05) is 52.0 Å². The van der Waals surface area contributed by atoms with Gasteiger partial charge in [-0.3, -0.25) is 4.79 Å². The summed E-state index contributed by atoms with van der Waals surface area (Å²) in [5, 5.41) is 6.05. The number of aromatic nitrogens is 4. The van der Waals surface area contributed by atoms with Crippen molar-refractivity contribution in [3.63, 3.8) is 0 Å². The third-order valence-electron chi connectivity index (χ3n) is 4.99. The minimum absolute atomic E-state index is 0.115. The van der Waals surface area contributed by atoms with Crippen LogP contribution in [-0.2, 0) is 33.5 Å². The Morgan fingerprint density at radius 1 is 1.07 bits per heavy atom. The van der Waals surface area contributed by atoms with Crippen molar-refractivity contribution >= 4 is 17.3 Å². The summed E-state index contributed by atoms with van der Waals surface area (Å²) in [7, 11) is 5.71. The summed E-state index contributed by atoms with van der Waals surface area (Å²) in [6.45, 7) is 3.22. The molecular weight excluding hydrogens is 352 g/mol.